The second-order valence-electron chi connectivity index (χ2n) is 6.14. The van der Waals surface area contributed by atoms with Gasteiger partial charge < -0.3 is 15.4 Å². The van der Waals surface area contributed by atoms with Crippen molar-refractivity contribution >= 4 is 17.4 Å². The molecular formula is C18H23N3O2S. The molecule has 1 aliphatic rings. The number of amides is 2. The molecule has 0 radical (unpaired) electrons. The van der Waals surface area contributed by atoms with Gasteiger partial charge in [0.2, 0.25) is 0 Å². The van der Waals surface area contributed by atoms with E-state index >= 15 is 0 Å². The fraction of sp³-hybridized carbons (Fsp3) is 0.444. The zero-order chi connectivity index (χ0) is 17.1. The van der Waals surface area contributed by atoms with Crippen LogP contribution in [0.1, 0.15) is 34.0 Å². The van der Waals surface area contributed by atoms with Crippen LogP contribution in [0.4, 0.5) is 4.79 Å². The molecule has 3 rings (SSSR count). The highest BCUT2D eigenvalue weighted by atomic mass is 32.1. The normalized spacial score (nSPS) is 17.0. The van der Waals surface area contributed by atoms with Crippen LogP contribution in [-0.4, -0.2) is 30.2 Å². The van der Waals surface area contributed by atoms with Crippen molar-refractivity contribution < 1.29 is 9.53 Å². The van der Waals surface area contributed by atoms with Crippen molar-refractivity contribution in [3.05, 3.63) is 45.4 Å². The highest BCUT2D eigenvalue weighted by molar-refractivity contribution is 7.11. The Labute approximate surface area is 146 Å². The lowest BCUT2D eigenvalue weighted by atomic mass is 9.94. The SMILES string of the molecule is Cc1nc(C)c(CCNC(=O)N[C@@H](C)[C@@H]2COc3ccccc32)s1. The first kappa shape index (κ1) is 16.8. The molecule has 6 heteroatoms. The molecule has 0 saturated carbocycles. The highest BCUT2D eigenvalue weighted by Crippen LogP contribution is 2.35. The number of thiazole rings is 1. The van der Waals surface area contributed by atoms with Gasteiger partial charge >= 0.3 is 6.03 Å². The second kappa shape index (κ2) is 7.21. The Balaban J connectivity index is 1.48. The topological polar surface area (TPSA) is 63.2 Å². The van der Waals surface area contributed by atoms with E-state index in [0.717, 1.165) is 22.9 Å². The minimum Gasteiger partial charge on any atom is -0.493 e. The summed E-state index contributed by atoms with van der Waals surface area (Å²) in [6.07, 6.45) is 0.814. The summed E-state index contributed by atoms with van der Waals surface area (Å²) in [6, 6.07) is 7.90. The number of hydrogen-bond acceptors (Lipinski definition) is 4. The van der Waals surface area contributed by atoms with Crippen LogP contribution in [-0.2, 0) is 6.42 Å². The molecule has 0 aliphatic carbocycles. The fourth-order valence-corrected chi connectivity index (χ4v) is 3.99. The lowest BCUT2D eigenvalue weighted by Gasteiger charge is -2.20. The molecule has 1 aromatic heterocycles. The van der Waals surface area contributed by atoms with Gasteiger partial charge in [0, 0.05) is 35.4 Å². The Kier molecular flexibility index (Phi) is 5.04. The van der Waals surface area contributed by atoms with Crippen LogP contribution in [0.25, 0.3) is 0 Å². The number of urea groups is 1. The summed E-state index contributed by atoms with van der Waals surface area (Å²) in [4.78, 5) is 17.8. The molecule has 5 nitrogen and oxygen atoms in total. The number of aromatic nitrogens is 1. The van der Waals surface area contributed by atoms with E-state index in [2.05, 4.69) is 21.7 Å². The van der Waals surface area contributed by atoms with Gasteiger partial charge in [-0.1, -0.05) is 18.2 Å². The van der Waals surface area contributed by atoms with Crippen molar-refractivity contribution in [2.24, 2.45) is 0 Å². The standard InChI is InChI=1S/C18H23N3O2S/c1-11(15-10-23-16-7-5-4-6-14(15)16)21-18(22)19-9-8-17-12(2)20-13(3)24-17/h4-7,11,15H,8-10H2,1-3H3,(H2,19,21,22)/t11-,15-/m0/s1. The fourth-order valence-electron chi connectivity index (χ4n) is 3.05. The molecular weight excluding hydrogens is 322 g/mol. The summed E-state index contributed by atoms with van der Waals surface area (Å²) < 4.78 is 5.69. The summed E-state index contributed by atoms with van der Waals surface area (Å²) >= 11 is 1.69. The number of rotatable bonds is 5. The van der Waals surface area contributed by atoms with E-state index in [-0.39, 0.29) is 18.0 Å². The summed E-state index contributed by atoms with van der Waals surface area (Å²) in [5.41, 5.74) is 2.23. The molecule has 128 valence electrons. The van der Waals surface area contributed by atoms with Crippen molar-refractivity contribution in [1.82, 2.24) is 15.6 Å². The number of nitrogens with one attached hydrogen (secondary N) is 2. The van der Waals surface area contributed by atoms with Crippen molar-refractivity contribution in [1.29, 1.82) is 0 Å². The third-order valence-corrected chi connectivity index (χ3v) is 5.47. The van der Waals surface area contributed by atoms with Crippen LogP contribution in [0.15, 0.2) is 24.3 Å². The molecule has 2 amide bonds. The lowest BCUT2D eigenvalue weighted by molar-refractivity contribution is 0.233. The molecule has 1 aliphatic heterocycles. The number of carbonyl (C=O) groups excluding carboxylic acids is 1. The van der Waals surface area contributed by atoms with Crippen LogP contribution in [0, 0.1) is 13.8 Å². The van der Waals surface area contributed by atoms with Crippen molar-refractivity contribution in [3.63, 3.8) is 0 Å². The maximum absolute atomic E-state index is 12.1. The number of benzene rings is 1. The number of aryl methyl sites for hydroxylation is 2. The predicted octanol–water partition coefficient (Wildman–Crippen LogP) is 3.17. The van der Waals surface area contributed by atoms with Gasteiger partial charge in [0.1, 0.15) is 5.75 Å². The van der Waals surface area contributed by atoms with Gasteiger partial charge in [0.25, 0.3) is 0 Å². The number of nitrogens with zero attached hydrogens (tertiary/aromatic N) is 1. The van der Waals surface area contributed by atoms with Gasteiger partial charge in [0.15, 0.2) is 0 Å². The van der Waals surface area contributed by atoms with Gasteiger partial charge in [-0.05, 0) is 26.8 Å². The van der Waals surface area contributed by atoms with E-state index in [0.29, 0.717) is 13.2 Å². The summed E-state index contributed by atoms with van der Waals surface area (Å²) in [6.45, 7) is 7.26. The van der Waals surface area contributed by atoms with Crippen LogP contribution in [0.2, 0.25) is 0 Å². The first-order valence-corrected chi connectivity index (χ1v) is 9.05. The number of carbonyl (C=O) groups is 1. The zero-order valence-corrected chi connectivity index (χ0v) is 15.1. The molecule has 24 heavy (non-hydrogen) atoms. The van der Waals surface area contributed by atoms with Crippen LogP contribution in [0.5, 0.6) is 5.75 Å². The highest BCUT2D eigenvalue weighted by Gasteiger charge is 2.29. The van der Waals surface area contributed by atoms with Gasteiger partial charge in [-0.15, -0.1) is 11.3 Å². The molecule has 0 spiro atoms. The summed E-state index contributed by atoms with van der Waals surface area (Å²) in [5.74, 6) is 1.12. The first-order valence-electron chi connectivity index (χ1n) is 8.23. The summed E-state index contributed by atoms with van der Waals surface area (Å²) in [7, 11) is 0. The van der Waals surface area contributed by atoms with E-state index in [4.69, 9.17) is 4.74 Å². The number of ether oxygens (including phenoxy) is 1. The molecule has 2 heterocycles. The first-order chi connectivity index (χ1) is 11.5. The monoisotopic (exact) mass is 345 g/mol. The van der Waals surface area contributed by atoms with Crippen LogP contribution >= 0.6 is 11.3 Å². The maximum atomic E-state index is 12.1. The lowest BCUT2D eigenvalue weighted by Crippen LogP contribution is -2.44. The summed E-state index contributed by atoms with van der Waals surface area (Å²) in [5, 5.41) is 7.03. The van der Waals surface area contributed by atoms with E-state index in [1.165, 1.54) is 10.4 Å². The van der Waals surface area contributed by atoms with E-state index in [9.17, 15) is 4.79 Å². The quantitative estimate of drug-likeness (QED) is 0.875. The smallest absolute Gasteiger partial charge is 0.315 e. The Bertz CT molecular complexity index is 729. The molecule has 2 N–H and O–H groups in total. The van der Waals surface area contributed by atoms with Gasteiger partial charge in [-0.2, -0.15) is 0 Å². The van der Waals surface area contributed by atoms with Crippen molar-refractivity contribution in [3.8, 4) is 5.75 Å². The Morgan fingerprint density at radius 1 is 1.42 bits per heavy atom. The second-order valence-corrected chi connectivity index (χ2v) is 7.42. The van der Waals surface area contributed by atoms with Crippen LogP contribution < -0.4 is 15.4 Å². The minimum atomic E-state index is -0.134. The average molecular weight is 345 g/mol. The van der Waals surface area contributed by atoms with Crippen LogP contribution in [0.3, 0.4) is 0 Å². The third-order valence-electron chi connectivity index (χ3n) is 4.34. The average Bonchev–Trinajstić information content (AvgIpc) is 3.10. The molecule has 0 unspecified atom stereocenters. The Morgan fingerprint density at radius 3 is 2.96 bits per heavy atom. The maximum Gasteiger partial charge on any atom is 0.315 e. The van der Waals surface area contributed by atoms with Gasteiger partial charge in [-0.25, -0.2) is 9.78 Å². The Morgan fingerprint density at radius 2 is 2.21 bits per heavy atom. The molecule has 0 saturated heterocycles. The number of fused-ring (bicyclic) bond motifs is 1. The molecule has 0 fully saturated rings. The minimum absolute atomic E-state index is 0.0148. The Hall–Kier alpha value is -2.08. The molecule has 2 atom stereocenters. The molecule has 0 bridgehead atoms. The van der Waals surface area contributed by atoms with Gasteiger partial charge in [-0.3, -0.25) is 0 Å². The van der Waals surface area contributed by atoms with Gasteiger partial charge in [0.05, 0.1) is 17.3 Å². The zero-order valence-electron chi connectivity index (χ0n) is 14.3. The largest absolute Gasteiger partial charge is 0.493 e. The number of hydrogen-bond donors (Lipinski definition) is 2. The third kappa shape index (κ3) is 3.70. The van der Waals surface area contributed by atoms with Crippen molar-refractivity contribution in [2.45, 2.75) is 39.2 Å². The van der Waals surface area contributed by atoms with E-state index in [1.54, 1.807) is 11.3 Å². The predicted molar refractivity (Wildman–Crippen MR) is 96.0 cm³/mol. The molecule has 2 aromatic rings. The number of para-hydroxylation sites is 1. The van der Waals surface area contributed by atoms with Crippen molar-refractivity contribution in [2.75, 3.05) is 13.2 Å². The molecule has 1 aromatic carbocycles. The van der Waals surface area contributed by atoms with E-state index < -0.39 is 0 Å². The van der Waals surface area contributed by atoms with E-state index in [1.807, 2.05) is 39.0 Å².